The Morgan fingerprint density at radius 2 is 2.00 bits per heavy atom. The van der Waals surface area contributed by atoms with Crippen LogP contribution in [0.3, 0.4) is 0 Å². The molecule has 1 saturated heterocycles. The molecule has 0 spiro atoms. The van der Waals surface area contributed by atoms with Crippen LogP contribution in [0.2, 0.25) is 0 Å². The first kappa shape index (κ1) is 19.9. The topological polar surface area (TPSA) is 119 Å². The predicted octanol–water partition coefficient (Wildman–Crippen LogP) is 0.902. The van der Waals surface area contributed by atoms with E-state index in [1.807, 2.05) is 0 Å². The zero-order valence-electron chi connectivity index (χ0n) is 15.5. The van der Waals surface area contributed by atoms with Crippen LogP contribution in [0.1, 0.15) is 30.3 Å². The minimum absolute atomic E-state index is 0.00832. The monoisotopic (exact) mass is 391 g/mol. The number of halogens is 1. The van der Waals surface area contributed by atoms with E-state index in [0.29, 0.717) is 31.9 Å². The molecule has 1 amide bonds. The van der Waals surface area contributed by atoms with Crippen LogP contribution in [0.25, 0.3) is 0 Å². The van der Waals surface area contributed by atoms with Crippen molar-refractivity contribution >= 4 is 11.9 Å². The van der Waals surface area contributed by atoms with Crippen LogP contribution < -0.4 is 5.32 Å². The molecule has 1 aliphatic heterocycles. The molecular formula is C18H22FN5O4. The molecule has 2 aromatic rings. The lowest BCUT2D eigenvalue weighted by atomic mass is 9.80. The second-order valence-electron chi connectivity index (χ2n) is 6.93. The lowest BCUT2D eigenvalue weighted by Crippen LogP contribution is -2.48. The number of aryl methyl sites for hydroxylation is 1. The van der Waals surface area contributed by atoms with Crippen LogP contribution in [0, 0.1) is 18.2 Å². The first-order chi connectivity index (χ1) is 13.4. The number of benzene rings is 1. The number of carbonyl (C=O) groups is 2. The molecule has 2 heterocycles. The maximum atomic E-state index is 13.2. The number of carbonyl (C=O) groups excluding carboxylic acids is 1. The molecule has 1 unspecified atom stereocenters. The number of tetrazole rings is 1. The average Bonchev–Trinajstić information content (AvgIpc) is 3.12. The zero-order valence-corrected chi connectivity index (χ0v) is 15.5. The van der Waals surface area contributed by atoms with Crippen LogP contribution >= 0.6 is 0 Å². The number of amides is 1. The molecule has 10 heteroatoms. The number of carboxylic acid groups (broad SMARTS) is 1. The van der Waals surface area contributed by atoms with Crippen molar-refractivity contribution in [3.63, 3.8) is 0 Å². The van der Waals surface area contributed by atoms with Gasteiger partial charge >= 0.3 is 5.97 Å². The molecule has 1 atom stereocenters. The Balaban J connectivity index is 1.77. The molecule has 0 bridgehead atoms. The van der Waals surface area contributed by atoms with Crippen molar-refractivity contribution in [1.82, 2.24) is 25.5 Å². The van der Waals surface area contributed by atoms with Crippen molar-refractivity contribution in [3.05, 3.63) is 41.5 Å². The fourth-order valence-electron chi connectivity index (χ4n) is 3.26. The molecule has 1 aromatic heterocycles. The van der Waals surface area contributed by atoms with Gasteiger partial charge in [0.1, 0.15) is 17.7 Å². The Hall–Kier alpha value is -2.88. The summed E-state index contributed by atoms with van der Waals surface area (Å²) in [6, 6.07) is 5.03. The number of aliphatic carboxylic acids is 1. The van der Waals surface area contributed by atoms with Gasteiger partial charge in [0.15, 0.2) is 0 Å². The van der Waals surface area contributed by atoms with Gasteiger partial charge in [0.05, 0.1) is 5.41 Å². The van der Waals surface area contributed by atoms with Crippen molar-refractivity contribution in [2.75, 3.05) is 19.8 Å². The smallest absolute Gasteiger partial charge is 0.311 e. The Bertz CT molecular complexity index is 833. The van der Waals surface area contributed by atoms with Crippen molar-refractivity contribution in [2.24, 2.45) is 5.41 Å². The van der Waals surface area contributed by atoms with E-state index in [9.17, 15) is 19.1 Å². The Labute approximate surface area is 160 Å². The summed E-state index contributed by atoms with van der Waals surface area (Å²) in [7, 11) is 0. The normalized spacial score (nSPS) is 17.1. The van der Waals surface area contributed by atoms with Crippen LogP contribution in [-0.4, -0.2) is 56.9 Å². The molecule has 1 aliphatic rings. The molecule has 0 aliphatic carbocycles. The molecular weight excluding hydrogens is 369 g/mol. The summed E-state index contributed by atoms with van der Waals surface area (Å²) in [5.74, 6) is -1.27. The number of ether oxygens (including phenoxy) is 1. The fraction of sp³-hybridized carbons (Fsp3) is 0.500. The fourth-order valence-corrected chi connectivity index (χ4v) is 3.26. The molecule has 9 nitrogen and oxygen atoms in total. The maximum Gasteiger partial charge on any atom is 0.311 e. The van der Waals surface area contributed by atoms with E-state index in [1.54, 1.807) is 19.1 Å². The summed E-state index contributed by atoms with van der Waals surface area (Å²) >= 11 is 0. The van der Waals surface area contributed by atoms with E-state index in [2.05, 4.69) is 20.8 Å². The summed E-state index contributed by atoms with van der Waals surface area (Å²) in [5, 5.41) is 23.7. The van der Waals surface area contributed by atoms with Gasteiger partial charge in [0.25, 0.3) is 0 Å². The summed E-state index contributed by atoms with van der Waals surface area (Å²) in [4.78, 5) is 24.7. The van der Waals surface area contributed by atoms with E-state index in [4.69, 9.17) is 4.74 Å². The number of aromatic nitrogens is 4. The molecule has 0 radical (unpaired) electrons. The van der Waals surface area contributed by atoms with E-state index in [-0.39, 0.29) is 18.8 Å². The SMILES string of the molecule is Cc1nnnn1C(Cc1ccc(F)cc1)C(=O)NCC1(C(=O)O)CCOCC1. The largest absolute Gasteiger partial charge is 0.481 e. The second-order valence-corrected chi connectivity index (χ2v) is 6.93. The average molecular weight is 391 g/mol. The minimum atomic E-state index is -1.05. The quantitative estimate of drug-likeness (QED) is 0.720. The molecule has 150 valence electrons. The van der Waals surface area contributed by atoms with Gasteiger partial charge in [-0.3, -0.25) is 9.59 Å². The number of hydrogen-bond acceptors (Lipinski definition) is 6. The molecule has 2 N–H and O–H groups in total. The Morgan fingerprint density at radius 1 is 1.32 bits per heavy atom. The molecule has 28 heavy (non-hydrogen) atoms. The first-order valence-electron chi connectivity index (χ1n) is 8.99. The number of nitrogens with one attached hydrogen (secondary N) is 1. The van der Waals surface area contributed by atoms with Gasteiger partial charge in [-0.15, -0.1) is 5.10 Å². The van der Waals surface area contributed by atoms with Gasteiger partial charge in [-0.05, 0) is 47.9 Å². The highest BCUT2D eigenvalue weighted by Crippen LogP contribution is 2.30. The highest BCUT2D eigenvalue weighted by Gasteiger charge is 2.41. The summed E-state index contributed by atoms with van der Waals surface area (Å²) in [5.41, 5.74) is -0.320. The van der Waals surface area contributed by atoms with E-state index < -0.39 is 23.3 Å². The minimum Gasteiger partial charge on any atom is -0.481 e. The second kappa shape index (κ2) is 8.42. The Kier molecular flexibility index (Phi) is 5.98. The van der Waals surface area contributed by atoms with Crippen LogP contribution in [0.4, 0.5) is 4.39 Å². The van der Waals surface area contributed by atoms with E-state index in [0.717, 1.165) is 5.56 Å². The maximum absolute atomic E-state index is 13.2. The van der Waals surface area contributed by atoms with Crippen LogP contribution in [0.5, 0.6) is 0 Å². The number of rotatable bonds is 7. The summed E-state index contributed by atoms with van der Waals surface area (Å²) in [6.07, 6.45) is 0.894. The van der Waals surface area contributed by atoms with E-state index in [1.165, 1.54) is 16.8 Å². The predicted molar refractivity (Wildman–Crippen MR) is 94.8 cm³/mol. The van der Waals surface area contributed by atoms with Gasteiger partial charge in [-0.1, -0.05) is 12.1 Å². The number of carboxylic acids is 1. The van der Waals surface area contributed by atoms with E-state index >= 15 is 0 Å². The highest BCUT2D eigenvalue weighted by molar-refractivity contribution is 5.82. The van der Waals surface area contributed by atoms with Gasteiger partial charge in [-0.2, -0.15) is 0 Å². The van der Waals surface area contributed by atoms with Gasteiger partial charge in [-0.25, -0.2) is 9.07 Å². The summed E-state index contributed by atoms with van der Waals surface area (Å²) < 4.78 is 19.8. The molecule has 1 fully saturated rings. The Morgan fingerprint density at radius 3 is 2.57 bits per heavy atom. The highest BCUT2D eigenvalue weighted by atomic mass is 19.1. The molecule has 0 saturated carbocycles. The third-order valence-corrected chi connectivity index (χ3v) is 5.10. The van der Waals surface area contributed by atoms with Gasteiger partial charge in [0.2, 0.25) is 5.91 Å². The molecule has 1 aromatic carbocycles. The molecule has 3 rings (SSSR count). The van der Waals surface area contributed by atoms with Gasteiger partial charge < -0.3 is 15.2 Å². The first-order valence-corrected chi connectivity index (χ1v) is 8.99. The zero-order chi connectivity index (χ0) is 20.1. The summed E-state index contributed by atoms with van der Waals surface area (Å²) in [6.45, 7) is 2.34. The third kappa shape index (κ3) is 4.33. The van der Waals surface area contributed by atoms with Crippen LogP contribution in [0.15, 0.2) is 24.3 Å². The number of nitrogens with zero attached hydrogens (tertiary/aromatic N) is 4. The van der Waals surface area contributed by atoms with Crippen molar-refractivity contribution in [1.29, 1.82) is 0 Å². The van der Waals surface area contributed by atoms with Crippen LogP contribution in [-0.2, 0) is 20.7 Å². The third-order valence-electron chi connectivity index (χ3n) is 5.10. The van der Waals surface area contributed by atoms with Crippen molar-refractivity contribution < 1.29 is 23.8 Å². The lowest BCUT2D eigenvalue weighted by Gasteiger charge is -2.33. The van der Waals surface area contributed by atoms with Gasteiger partial charge in [0, 0.05) is 26.2 Å². The standard InChI is InChI=1S/C18H22FN5O4/c1-12-21-22-23-24(12)15(10-13-2-4-14(19)5-3-13)16(25)20-11-18(17(26)27)6-8-28-9-7-18/h2-5,15H,6-11H2,1H3,(H,20,25)(H,26,27). The van der Waals surface area contributed by atoms with Crippen molar-refractivity contribution in [3.8, 4) is 0 Å². The lowest BCUT2D eigenvalue weighted by molar-refractivity contribution is -0.154. The van der Waals surface area contributed by atoms with Crippen molar-refractivity contribution in [2.45, 2.75) is 32.2 Å². The number of hydrogen-bond donors (Lipinski definition) is 2.